The fourth-order valence-corrected chi connectivity index (χ4v) is 1.96. The summed E-state index contributed by atoms with van der Waals surface area (Å²) in [5, 5.41) is 2.79. The SMILES string of the molecule is CC(C)c1ccc(NC(=O)CCC(=O)c2ccco2)cc1. The molecule has 0 spiro atoms. The van der Waals surface area contributed by atoms with E-state index in [0.717, 1.165) is 5.69 Å². The lowest BCUT2D eigenvalue weighted by Gasteiger charge is -2.08. The second kappa shape index (κ2) is 6.88. The molecule has 4 heteroatoms. The molecule has 4 nitrogen and oxygen atoms in total. The van der Waals surface area contributed by atoms with Gasteiger partial charge in [0.2, 0.25) is 5.91 Å². The fraction of sp³-hybridized carbons (Fsp3) is 0.294. The standard InChI is InChI=1S/C17H19NO3/c1-12(2)13-5-7-14(8-6-13)18-17(20)10-9-15(19)16-4-3-11-21-16/h3-8,11-12H,9-10H2,1-2H3,(H,18,20). The lowest BCUT2D eigenvalue weighted by Crippen LogP contribution is -2.13. The molecule has 0 fully saturated rings. The van der Waals surface area contributed by atoms with Gasteiger partial charge in [0.1, 0.15) is 0 Å². The third-order valence-electron chi connectivity index (χ3n) is 3.24. The highest BCUT2D eigenvalue weighted by Crippen LogP contribution is 2.17. The lowest BCUT2D eigenvalue weighted by atomic mass is 10.0. The first kappa shape index (κ1) is 15.0. The van der Waals surface area contributed by atoms with Crippen molar-refractivity contribution in [2.45, 2.75) is 32.6 Å². The minimum Gasteiger partial charge on any atom is -0.461 e. The average Bonchev–Trinajstić information content (AvgIpc) is 2.99. The molecule has 0 radical (unpaired) electrons. The highest BCUT2D eigenvalue weighted by molar-refractivity contribution is 5.98. The largest absolute Gasteiger partial charge is 0.461 e. The molecule has 0 atom stereocenters. The number of nitrogens with one attached hydrogen (secondary N) is 1. The highest BCUT2D eigenvalue weighted by Gasteiger charge is 2.11. The van der Waals surface area contributed by atoms with E-state index in [2.05, 4.69) is 19.2 Å². The summed E-state index contributed by atoms with van der Waals surface area (Å²) in [6, 6.07) is 11.0. The maximum absolute atomic E-state index is 11.8. The number of hydrogen-bond donors (Lipinski definition) is 1. The molecule has 1 aromatic carbocycles. The third kappa shape index (κ3) is 4.31. The maximum atomic E-state index is 11.8. The molecule has 2 rings (SSSR count). The Hall–Kier alpha value is -2.36. The van der Waals surface area contributed by atoms with Crippen LogP contribution in [0.2, 0.25) is 0 Å². The molecule has 1 heterocycles. The Morgan fingerprint density at radius 2 is 1.81 bits per heavy atom. The Kier molecular flexibility index (Phi) is 4.93. The molecular formula is C17H19NO3. The second-order valence-corrected chi connectivity index (χ2v) is 5.23. The van der Waals surface area contributed by atoms with Crippen LogP contribution in [0.4, 0.5) is 5.69 Å². The number of Topliss-reactive ketones (excluding diaryl/α,β-unsaturated/α-hetero) is 1. The van der Waals surface area contributed by atoms with Crippen molar-refractivity contribution in [3.05, 3.63) is 54.0 Å². The highest BCUT2D eigenvalue weighted by atomic mass is 16.3. The Labute approximate surface area is 124 Å². The number of ketones is 1. The Morgan fingerprint density at radius 1 is 1.10 bits per heavy atom. The van der Waals surface area contributed by atoms with Gasteiger partial charge in [-0.1, -0.05) is 26.0 Å². The van der Waals surface area contributed by atoms with E-state index in [-0.39, 0.29) is 24.5 Å². The van der Waals surface area contributed by atoms with Crippen molar-refractivity contribution in [1.82, 2.24) is 0 Å². The van der Waals surface area contributed by atoms with E-state index in [4.69, 9.17) is 4.42 Å². The van der Waals surface area contributed by atoms with Gasteiger partial charge in [-0.15, -0.1) is 0 Å². The number of carbonyl (C=O) groups is 2. The summed E-state index contributed by atoms with van der Waals surface area (Å²) in [5.74, 6) is 0.419. The number of furan rings is 1. The summed E-state index contributed by atoms with van der Waals surface area (Å²) >= 11 is 0. The monoisotopic (exact) mass is 285 g/mol. The normalized spacial score (nSPS) is 10.6. The van der Waals surface area contributed by atoms with Gasteiger partial charge in [0.05, 0.1) is 6.26 Å². The van der Waals surface area contributed by atoms with E-state index in [1.165, 1.54) is 11.8 Å². The maximum Gasteiger partial charge on any atom is 0.224 e. The summed E-state index contributed by atoms with van der Waals surface area (Å²) < 4.78 is 5.00. The van der Waals surface area contributed by atoms with Crippen LogP contribution in [0.25, 0.3) is 0 Å². The lowest BCUT2D eigenvalue weighted by molar-refractivity contribution is -0.116. The van der Waals surface area contributed by atoms with E-state index in [9.17, 15) is 9.59 Å². The summed E-state index contributed by atoms with van der Waals surface area (Å²) in [5.41, 5.74) is 1.97. The number of amides is 1. The zero-order chi connectivity index (χ0) is 15.2. The average molecular weight is 285 g/mol. The molecule has 0 saturated heterocycles. The molecule has 21 heavy (non-hydrogen) atoms. The quantitative estimate of drug-likeness (QED) is 0.816. The number of hydrogen-bond acceptors (Lipinski definition) is 3. The molecule has 0 unspecified atom stereocenters. The summed E-state index contributed by atoms with van der Waals surface area (Å²) in [4.78, 5) is 23.5. The molecule has 0 aliphatic rings. The van der Waals surface area contributed by atoms with Gasteiger partial charge in [-0.25, -0.2) is 0 Å². The van der Waals surface area contributed by atoms with Crippen LogP contribution in [0, 0.1) is 0 Å². The molecule has 1 aromatic heterocycles. The number of anilines is 1. The van der Waals surface area contributed by atoms with Crippen molar-refractivity contribution >= 4 is 17.4 Å². The van der Waals surface area contributed by atoms with Crippen molar-refractivity contribution in [1.29, 1.82) is 0 Å². The van der Waals surface area contributed by atoms with Crippen LogP contribution in [-0.4, -0.2) is 11.7 Å². The van der Waals surface area contributed by atoms with E-state index in [1.807, 2.05) is 24.3 Å². The predicted octanol–water partition coefficient (Wildman–Crippen LogP) is 4.00. The van der Waals surface area contributed by atoms with Crippen molar-refractivity contribution in [3.8, 4) is 0 Å². The van der Waals surface area contributed by atoms with E-state index < -0.39 is 0 Å². The molecule has 0 aliphatic carbocycles. The number of benzene rings is 1. The zero-order valence-corrected chi connectivity index (χ0v) is 12.3. The summed E-state index contributed by atoms with van der Waals surface area (Å²) in [6.45, 7) is 4.24. The van der Waals surface area contributed by atoms with Crippen LogP contribution < -0.4 is 5.32 Å². The molecule has 1 amide bonds. The van der Waals surface area contributed by atoms with Gasteiger partial charge in [0, 0.05) is 18.5 Å². The van der Waals surface area contributed by atoms with Crippen LogP contribution >= 0.6 is 0 Å². The minimum atomic E-state index is -0.174. The third-order valence-corrected chi connectivity index (χ3v) is 3.24. The Bertz CT molecular complexity index is 597. The molecule has 2 aromatic rings. The molecule has 0 aliphatic heterocycles. The van der Waals surface area contributed by atoms with Crippen molar-refractivity contribution in [2.75, 3.05) is 5.32 Å². The van der Waals surface area contributed by atoms with Gasteiger partial charge in [-0.05, 0) is 35.7 Å². The van der Waals surface area contributed by atoms with Crippen LogP contribution in [0.15, 0.2) is 47.1 Å². The van der Waals surface area contributed by atoms with Crippen molar-refractivity contribution in [2.24, 2.45) is 0 Å². The fourth-order valence-electron chi connectivity index (χ4n) is 1.96. The van der Waals surface area contributed by atoms with Gasteiger partial charge in [-0.2, -0.15) is 0 Å². The van der Waals surface area contributed by atoms with Crippen molar-refractivity contribution < 1.29 is 14.0 Å². The molecule has 110 valence electrons. The summed E-state index contributed by atoms with van der Waals surface area (Å²) in [6.07, 6.45) is 1.73. The van der Waals surface area contributed by atoms with Crippen LogP contribution in [0.1, 0.15) is 48.7 Å². The van der Waals surface area contributed by atoms with Gasteiger partial charge < -0.3 is 9.73 Å². The summed E-state index contributed by atoms with van der Waals surface area (Å²) in [7, 11) is 0. The molecular weight excluding hydrogens is 266 g/mol. The van der Waals surface area contributed by atoms with Gasteiger partial charge in [-0.3, -0.25) is 9.59 Å². The van der Waals surface area contributed by atoms with E-state index in [0.29, 0.717) is 11.7 Å². The van der Waals surface area contributed by atoms with Crippen molar-refractivity contribution in [3.63, 3.8) is 0 Å². The van der Waals surface area contributed by atoms with Crippen LogP contribution in [-0.2, 0) is 4.79 Å². The number of carbonyl (C=O) groups excluding carboxylic acids is 2. The Morgan fingerprint density at radius 3 is 2.38 bits per heavy atom. The van der Waals surface area contributed by atoms with Crippen LogP contribution in [0.5, 0.6) is 0 Å². The smallest absolute Gasteiger partial charge is 0.224 e. The van der Waals surface area contributed by atoms with Gasteiger partial charge in [0.15, 0.2) is 11.5 Å². The zero-order valence-electron chi connectivity index (χ0n) is 12.3. The topological polar surface area (TPSA) is 59.3 Å². The number of rotatable bonds is 6. The first-order valence-corrected chi connectivity index (χ1v) is 7.03. The molecule has 0 saturated carbocycles. The predicted molar refractivity (Wildman–Crippen MR) is 81.4 cm³/mol. The van der Waals surface area contributed by atoms with Gasteiger partial charge >= 0.3 is 0 Å². The van der Waals surface area contributed by atoms with Crippen LogP contribution in [0.3, 0.4) is 0 Å². The first-order valence-electron chi connectivity index (χ1n) is 7.03. The van der Waals surface area contributed by atoms with E-state index in [1.54, 1.807) is 12.1 Å². The molecule has 0 bridgehead atoms. The minimum absolute atomic E-state index is 0.142. The van der Waals surface area contributed by atoms with Gasteiger partial charge in [0.25, 0.3) is 0 Å². The Balaban J connectivity index is 1.83. The molecule has 1 N–H and O–H groups in total. The van der Waals surface area contributed by atoms with E-state index >= 15 is 0 Å². The second-order valence-electron chi connectivity index (χ2n) is 5.23. The first-order chi connectivity index (χ1) is 10.1.